The molecule has 1 aromatic carbocycles. The Labute approximate surface area is 99.2 Å². The molecule has 0 bridgehead atoms. The van der Waals surface area contributed by atoms with Gasteiger partial charge in [0.25, 0.3) is 0 Å². The summed E-state index contributed by atoms with van der Waals surface area (Å²) in [4.78, 5) is 11.4. The normalized spacial score (nSPS) is 10.0. The number of nitrogen functional groups attached to an aromatic ring is 1. The fourth-order valence-electron chi connectivity index (χ4n) is 0.947. The first-order valence-corrected chi connectivity index (χ1v) is 5.99. The monoisotopic (exact) mass is 353 g/mol. The van der Waals surface area contributed by atoms with Gasteiger partial charge in [-0.15, -0.1) is 0 Å². The number of carbonyl (C=O) groups is 1. The maximum atomic E-state index is 11.4. The quantitative estimate of drug-likeness (QED) is 0.393. The molecule has 0 unspecified atom stereocenters. The number of benzene rings is 1. The van der Waals surface area contributed by atoms with Gasteiger partial charge in [-0.05, 0) is 34.7 Å². The van der Waals surface area contributed by atoms with Crippen molar-refractivity contribution in [2.45, 2.75) is 6.42 Å². The number of Topliss-reactive ketones (excluding diaryl/α,β-unsaturated/α-hetero) is 1. The lowest BCUT2D eigenvalue weighted by atomic mass is 10.1. The van der Waals surface area contributed by atoms with E-state index in [0.717, 1.165) is 3.57 Å². The molecule has 0 amide bonds. The highest BCUT2D eigenvalue weighted by molar-refractivity contribution is 14.1. The summed E-state index contributed by atoms with van der Waals surface area (Å²) >= 11 is 5.37. The van der Waals surface area contributed by atoms with E-state index in [1.807, 2.05) is 12.1 Å². The molecule has 2 nitrogen and oxygen atoms in total. The molecule has 13 heavy (non-hydrogen) atoms. The zero-order valence-electron chi connectivity index (χ0n) is 6.89. The first-order chi connectivity index (χ1) is 6.15. The summed E-state index contributed by atoms with van der Waals surface area (Å²) in [5, 5.41) is 0.692. The Balaban J connectivity index is 2.90. The second-order valence-corrected chi connectivity index (χ2v) is 4.55. The van der Waals surface area contributed by atoms with E-state index in [0.29, 0.717) is 23.0 Å². The van der Waals surface area contributed by atoms with Crippen LogP contribution in [-0.4, -0.2) is 11.1 Å². The first-order valence-electron chi connectivity index (χ1n) is 3.79. The largest absolute Gasteiger partial charge is 0.398 e. The van der Waals surface area contributed by atoms with Crippen molar-refractivity contribution in [3.8, 4) is 0 Å². The second kappa shape index (κ2) is 4.95. The summed E-state index contributed by atoms with van der Waals surface area (Å²) in [6, 6.07) is 5.40. The van der Waals surface area contributed by atoms with Crippen molar-refractivity contribution in [3.63, 3.8) is 0 Å². The summed E-state index contributed by atoms with van der Waals surface area (Å²) in [7, 11) is 0. The van der Waals surface area contributed by atoms with Crippen molar-refractivity contribution < 1.29 is 4.79 Å². The van der Waals surface area contributed by atoms with Crippen LogP contribution >= 0.6 is 38.5 Å². The third-order valence-corrected chi connectivity index (χ3v) is 3.02. The number of anilines is 1. The molecular weight excluding hydrogens is 345 g/mol. The molecule has 0 saturated heterocycles. The Kier molecular flexibility index (Phi) is 4.18. The van der Waals surface area contributed by atoms with E-state index in [1.165, 1.54) is 0 Å². The number of ketones is 1. The standard InChI is InChI=1S/C9H9BrINO/c10-4-3-9(13)6-1-2-7(11)8(12)5-6/h1-2,5H,3-4,12H2. The zero-order chi connectivity index (χ0) is 9.84. The van der Waals surface area contributed by atoms with Gasteiger partial charge in [0.05, 0.1) is 0 Å². The van der Waals surface area contributed by atoms with E-state index in [1.54, 1.807) is 6.07 Å². The molecule has 0 aliphatic rings. The lowest BCUT2D eigenvalue weighted by Crippen LogP contribution is -2.01. The molecule has 0 aliphatic heterocycles. The van der Waals surface area contributed by atoms with Gasteiger partial charge in [0.2, 0.25) is 0 Å². The van der Waals surface area contributed by atoms with Gasteiger partial charge in [-0.25, -0.2) is 0 Å². The average Bonchev–Trinajstić information content (AvgIpc) is 2.10. The fourth-order valence-corrected chi connectivity index (χ4v) is 1.64. The van der Waals surface area contributed by atoms with Crippen molar-refractivity contribution in [1.82, 2.24) is 0 Å². The average molecular weight is 354 g/mol. The Morgan fingerprint density at radius 2 is 2.23 bits per heavy atom. The van der Waals surface area contributed by atoms with Gasteiger partial charge in [0, 0.05) is 26.6 Å². The van der Waals surface area contributed by atoms with Crippen LogP contribution in [0.1, 0.15) is 16.8 Å². The van der Waals surface area contributed by atoms with E-state index >= 15 is 0 Å². The van der Waals surface area contributed by atoms with Gasteiger partial charge in [-0.3, -0.25) is 4.79 Å². The van der Waals surface area contributed by atoms with Crippen molar-refractivity contribution in [3.05, 3.63) is 27.3 Å². The van der Waals surface area contributed by atoms with Crippen LogP contribution in [0.5, 0.6) is 0 Å². The number of hydrogen-bond donors (Lipinski definition) is 1. The smallest absolute Gasteiger partial charge is 0.163 e. The van der Waals surface area contributed by atoms with E-state index in [9.17, 15) is 4.79 Å². The zero-order valence-corrected chi connectivity index (χ0v) is 10.6. The molecule has 1 rings (SSSR count). The van der Waals surface area contributed by atoms with Gasteiger partial charge in [-0.2, -0.15) is 0 Å². The highest BCUT2D eigenvalue weighted by Gasteiger charge is 2.05. The number of rotatable bonds is 3. The van der Waals surface area contributed by atoms with Gasteiger partial charge in [0.15, 0.2) is 5.78 Å². The SMILES string of the molecule is Nc1cc(C(=O)CCBr)ccc1I. The minimum absolute atomic E-state index is 0.125. The van der Waals surface area contributed by atoms with Crippen LogP contribution in [0.2, 0.25) is 0 Å². The van der Waals surface area contributed by atoms with Crippen molar-refractivity contribution in [1.29, 1.82) is 0 Å². The maximum Gasteiger partial charge on any atom is 0.163 e. The molecule has 0 atom stereocenters. The van der Waals surface area contributed by atoms with Crippen molar-refractivity contribution in [2.75, 3.05) is 11.1 Å². The highest BCUT2D eigenvalue weighted by atomic mass is 127. The van der Waals surface area contributed by atoms with Crippen LogP contribution in [-0.2, 0) is 0 Å². The van der Waals surface area contributed by atoms with Gasteiger partial charge in [0.1, 0.15) is 0 Å². The van der Waals surface area contributed by atoms with Crippen LogP contribution in [0.4, 0.5) is 5.69 Å². The van der Waals surface area contributed by atoms with Crippen molar-refractivity contribution >= 4 is 50.0 Å². The number of nitrogens with two attached hydrogens (primary N) is 1. The van der Waals surface area contributed by atoms with Gasteiger partial charge in [-0.1, -0.05) is 22.0 Å². The number of hydrogen-bond acceptors (Lipinski definition) is 2. The van der Waals surface area contributed by atoms with E-state index in [-0.39, 0.29) is 5.78 Å². The number of carbonyl (C=O) groups excluding carboxylic acids is 1. The van der Waals surface area contributed by atoms with E-state index in [2.05, 4.69) is 38.5 Å². The molecule has 0 aromatic heterocycles. The van der Waals surface area contributed by atoms with E-state index in [4.69, 9.17) is 5.73 Å². The summed E-state index contributed by atoms with van der Waals surface area (Å²) in [5.41, 5.74) is 7.04. The fraction of sp³-hybridized carbons (Fsp3) is 0.222. The Hall–Kier alpha value is -0.100. The van der Waals surface area contributed by atoms with Crippen LogP contribution in [0.3, 0.4) is 0 Å². The topological polar surface area (TPSA) is 43.1 Å². The minimum atomic E-state index is 0.125. The highest BCUT2D eigenvalue weighted by Crippen LogP contribution is 2.17. The molecule has 0 aliphatic carbocycles. The van der Waals surface area contributed by atoms with Crippen molar-refractivity contribution in [2.24, 2.45) is 0 Å². The third-order valence-electron chi connectivity index (χ3n) is 1.64. The number of halogens is 2. The lowest BCUT2D eigenvalue weighted by Gasteiger charge is -2.01. The lowest BCUT2D eigenvalue weighted by molar-refractivity contribution is 0.0990. The molecule has 2 N–H and O–H groups in total. The molecule has 70 valence electrons. The third kappa shape index (κ3) is 2.95. The van der Waals surface area contributed by atoms with Crippen LogP contribution in [0.25, 0.3) is 0 Å². The summed E-state index contributed by atoms with van der Waals surface area (Å²) < 4.78 is 0.980. The molecule has 0 saturated carbocycles. The van der Waals surface area contributed by atoms with E-state index < -0.39 is 0 Å². The molecule has 0 spiro atoms. The molecule has 4 heteroatoms. The minimum Gasteiger partial charge on any atom is -0.398 e. The first kappa shape index (κ1) is 11.0. The molecule has 0 radical (unpaired) electrons. The summed E-state index contributed by atoms with van der Waals surface area (Å²) in [5.74, 6) is 0.125. The molecular formula is C9H9BrINO. The van der Waals surface area contributed by atoms with Crippen LogP contribution < -0.4 is 5.73 Å². The number of alkyl halides is 1. The molecule has 0 heterocycles. The predicted octanol–water partition coefficient (Wildman–Crippen LogP) is 2.84. The molecule has 1 aromatic rings. The second-order valence-electron chi connectivity index (χ2n) is 2.60. The Morgan fingerprint density at radius 1 is 1.54 bits per heavy atom. The molecule has 0 fully saturated rings. The van der Waals surface area contributed by atoms with Crippen LogP contribution in [0, 0.1) is 3.57 Å². The van der Waals surface area contributed by atoms with Gasteiger partial charge < -0.3 is 5.73 Å². The Bertz CT molecular complexity index is 327. The van der Waals surface area contributed by atoms with Gasteiger partial charge >= 0.3 is 0 Å². The summed E-state index contributed by atoms with van der Waals surface area (Å²) in [6.45, 7) is 0. The summed E-state index contributed by atoms with van der Waals surface area (Å²) in [6.07, 6.45) is 0.514. The van der Waals surface area contributed by atoms with Crippen LogP contribution in [0.15, 0.2) is 18.2 Å². The Morgan fingerprint density at radius 3 is 2.77 bits per heavy atom. The maximum absolute atomic E-state index is 11.4. The predicted molar refractivity (Wildman–Crippen MR) is 66.3 cm³/mol.